The second kappa shape index (κ2) is 4.05. The maximum atomic E-state index is 11.0. The van der Waals surface area contributed by atoms with Crippen LogP contribution in [0.2, 0.25) is 0 Å². The van der Waals surface area contributed by atoms with E-state index in [2.05, 4.69) is 9.97 Å². The summed E-state index contributed by atoms with van der Waals surface area (Å²) in [6.45, 7) is 0. The lowest BCUT2D eigenvalue weighted by Crippen LogP contribution is -1.99. The molecule has 3 rings (SSSR count). The summed E-state index contributed by atoms with van der Waals surface area (Å²) in [5.74, 6) is -0.159. The van der Waals surface area contributed by atoms with Gasteiger partial charge in [0, 0.05) is 12.1 Å². The first kappa shape index (κ1) is 11.1. The molecule has 3 aromatic rings. The first-order valence-corrected chi connectivity index (χ1v) is 5.43. The van der Waals surface area contributed by atoms with E-state index in [1.165, 1.54) is 23.0 Å². The zero-order valence-electron chi connectivity index (χ0n) is 9.59. The lowest BCUT2D eigenvalue weighted by Gasteiger charge is -2.04. The van der Waals surface area contributed by atoms with E-state index in [-0.39, 0.29) is 11.6 Å². The van der Waals surface area contributed by atoms with Gasteiger partial charge >= 0.3 is 0 Å². The fraction of sp³-hybridized carbons (Fsp3) is 0. The van der Waals surface area contributed by atoms with E-state index in [0.717, 1.165) is 0 Å². The zero-order chi connectivity index (χ0) is 13.4. The summed E-state index contributed by atoms with van der Waals surface area (Å²) >= 11 is 0. The average Bonchev–Trinajstić information content (AvgIpc) is 2.81. The second-order valence-electron chi connectivity index (χ2n) is 3.87. The molecule has 0 unspecified atom stereocenters. The highest BCUT2D eigenvalue weighted by atomic mass is 16.6. The third kappa shape index (κ3) is 1.77. The van der Waals surface area contributed by atoms with Crippen molar-refractivity contribution in [2.45, 2.75) is 0 Å². The van der Waals surface area contributed by atoms with Gasteiger partial charge in [0.1, 0.15) is 17.5 Å². The fourth-order valence-electron chi connectivity index (χ4n) is 1.88. The first-order chi connectivity index (χ1) is 9.16. The number of imidazole rings is 1. The molecule has 0 saturated heterocycles. The Morgan fingerprint density at radius 2 is 2.00 bits per heavy atom. The summed E-state index contributed by atoms with van der Waals surface area (Å²) in [6, 6.07) is 9.31. The van der Waals surface area contributed by atoms with Crippen LogP contribution in [-0.2, 0) is 0 Å². The third-order valence-electron chi connectivity index (χ3n) is 2.72. The van der Waals surface area contributed by atoms with Gasteiger partial charge in [-0.1, -0.05) is 12.1 Å². The lowest BCUT2D eigenvalue weighted by molar-refractivity contribution is -0.384. The predicted octanol–water partition coefficient (Wildman–Crippen LogP) is 2.03. The van der Waals surface area contributed by atoms with Crippen LogP contribution in [0.15, 0.2) is 42.7 Å². The van der Waals surface area contributed by atoms with Crippen molar-refractivity contribution in [3.8, 4) is 11.6 Å². The van der Waals surface area contributed by atoms with Gasteiger partial charge in [-0.2, -0.15) is 4.98 Å². The Morgan fingerprint density at radius 1 is 1.21 bits per heavy atom. The van der Waals surface area contributed by atoms with E-state index in [1.54, 1.807) is 24.3 Å². The first-order valence-electron chi connectivity index (χ1n) is 5.43. The molecule has 1 N–H and O–H groups in total. The van der Waals surface area contributed by atoms with Crippen molar-refractivity contribution >= 4 is 16.9 Å². The third-order valence-corrected chi connectivity index (χ3v) is 2.72. The van der Waals surface area contributed by atoms with E-state index in [1.807, 2.05) is 0 Å². The molecule has 0 spiro atoms. The van der Waals surface area contributed by atoms with Crippen LogP contribution in [0.5, 0.6) is 5.88 Å². The summed E-state index contributed by atoms with van der Waals surface area (Å²) in [6.07, 6.45) is 1.44. The summed E-state index contributed by atoms with van der Waals surface area (Å²) in [7, 11) is 0. The van der Waals surface area contributed by atoms with Crippen molar-refractivity contribution in [3.63, 3.8) is 0 Å². The molecule has 0 amide bonds. The Kier molecular flexibility index (Phi) is 2.38. The summed E-state index contributed by atoms with van der Waals surface area (Å²) in [4.78, 5) is 18.6. The van der Waals surface area contributed by atoms with E-state index in [9.17, 15) is 15.2 Å². The van der Waals surface area contributed by atoms with Gasteiger partial charge in [0.15, 0.2) is 5.65 Å². The molecule has 0 aliphatic carbocycles. The molecule has 7 nitrogen and oxygen atoms in total. The number of fused-ring (bicyclic) bond motifs is 1. The molecule has 1 aromatic carbocycles. The number of hydrogen-bond acceptors (Lipinski definition) is 5. The maximum absolute atomic E-state index is 11.0. The summed E-state index contributed by atoms with van der Waals surface area (Å²) < 4.78 is 1.48. The molecular weight excluding hydrogens is 248 g/mol. The Hall–Kier alpha value is -2.96. The number of aromatic hydroxyl groups is 1. The zero-order valence-corrected chi connectivity index (χ0v) is 9.59. The number of nitro groups is 1. The largest absolute Gasteiger partial charge is 0.493 e. The number of rotatable bonds is 2. The lowest BCUT2D eigenvalue weighted by atomic mass is 10.2. The van der Waals surface area contributed by atoms with Crippen molar-refractivity contribution in [3.05, 3.63) is 52.8 Å². The highest BCUT2D eigenvalue weighted by molar-refractivity contribution is 5.75. The van der Waals surface area contributed by atoms with Crippen LogP contribution in [0.25, 0.3) is 16.9 Å². The molecule has 0 atom stereocenters. The van der Waals surface area contributed by atoms with Gasteiger partial charge in [0.2, 0.25) is 5.88 Å². The molecule has 0 saturated carbocycles. The SMILES string of the molecule is O=[N+]([O-])c1ccccc1-n1cnc2ccc(O)nc21. The smallest absolute Gasteiger partial charge is 0.293 e. The fourth-order valence-corrected chi connectivity index (χ4v) is 1.88. The van der Waals surface area contributed by atoms with Gasteiger partial charge < -0.3 is 5.11 Å². The molecule has 0 bridgehead atoms. The Labute approximate surface area is 106 Å². The van der Waals surface area contributed by atoms with Gasteiger partial charge in [-0.15, -0.1) is 0 Å². The van der Waals surface area contributed by atoms with Gasteiger partial charge in [-0.25, -0.2) is 4.98 Å². The van der Waals surface area contributed by atoms with E-state index in [0.29, 0.717) is 16.9 Å². The number of para-hydroxylation sites is 2. The molecule has 0 fully saturated rings. The number of nitrogens with zero attached hydrogens (tertiary/aromatic N) is 4. The number of aromatic nitrogens is 3. The summed E-state index contributed by atoms with van der Waals surface area (Å²) in [5.41, 5.74) is 1.23. The molecule has 7 heteroatoms. The molecule has 2 heterocycles. The molecule has 94 valence electrons. The molecule has 0 radical (unpaired) electrons. The Bertz CT molecular complexity index is 781. The van der Waals surface area contributed by atoms with Crippen LogP contribution in [0.4, 0.5) is 5.69 Å². The highest BCUT2D eigenvalue weighted by Crippen LogP contribution is 2.25. The minimum Gasteiger partial charge on any atom is -0.493 e. The van der Waals surface area contributed by atoms with Crippen LogP contribution < -0.4 is 0 Å². The molecule has 19 heavy (non-hydrogen) atoms. The van der Waals surface area contributed by atoms with Gasteiger partial charge in [0.05, 0.1) is 4.92 Å². The van der Waals surface area contributed by atoms with Crippen LogP contribution in [0, 0.1) is 10.1 Å². The number of benzene rings is 1. The minimum atomic E-state index is -0.468. The van der Waals surface area contributed by atoms with E-state index < -0.39 is 4.92 Å². The number of hydrogen-bond donors (Lipinski definition) is 1. The van der Waals surface area contributed by atoms with Crippen LogP contribution >= 0.6 is 0 Å². The van der Waals surface area contributed by atoms with Gasteiger partial charge in [-0.05, 0) is 12.1 Å². The van der Waals surface area contributed by atoms with Crippen molar-refractivity contribution in [2.75, 3.05) is 0 Å². The molecule has 2 aromatic heterocycles. The monoisotopic (exact) mass is 256 g/mol. The summed E-state index contributed by atoms with van der Waals surface area (Å²) in [5, 5.41) is 20.4. The molecule has 0 aliphatic rings. The van der Waals surface area contributed by atoms with Crippen LogP contribution in [0.3, 0.4) is 0 Å². The Balaban J connectivity index is 2.31. The average molecular weight is 256 g/mol. The highest BCUT2D eigenvalue weighted by Gasteiger charge is 2.16. The van der Waals surface area contributed by atoms with Crippen molar-refractivity contribution in [1.29, 1.82) is 0 Å². The standard InChI is InChI=1S/C12H8N4O3/c17-11-6-5-8-12(14-11)15(7-13-8)9-3-1-2-4-10(9)16(18)19/h1-7H,(H,14,17). The van der Waals surface area contributed by atoms with Crippen molar-refractivity contribution in [2.24, 2.45) is 0 Å². The van der Waals surface area contributed by atoms with Crippen molar-refractivity contribution < 1.29 is 10.0 Å². The van der Waals surface area contributed by atoms with E-state index >= 15 is 0 Å². The second-order valence-corrected chi connectivity index (χ2v) is 3.87. The number of nitro benzene ring substituents is 1. The van der Waals surface area contributed by atoms with E-state index in [4.69, 9.17) is 0 Å². The Morgan fingerprint density at radius 3 is 2.79 bits per heavy atom. The molecule has 0 aliphatic heterocycles. The maximum Gasteiger partial charge on any atom is 0.293 e. The van der Waals surface area contributed by atoms with Crippen LogP contribution in [0.1, 0.15) is 0 Å². The minimum absolute atomic E-state index is 0.0491. The molecular formula is C12H8N4O3. The van der Waals surface area contributed by atoms with Gasteiger partial charge in [-0.3, -0.25) is 14.7 Å². The van der Waals surface area contributed by atoms with Crippen LogP contribution in [-0.4, -0.2) is 24.6 Å². The predicted molar refractivity (Wildman–Crippen MR) is 67.2 cm³/mol. The van der Waals surface area contributed by atoms with Crippen molar-refractivity contribution in [1.82, 2.24) is 14.5 Å². The number of pyridine rings is 1. The van der Waals surface area contributed by atoms with Gasteiger partial charge in [0.25, 0.3) is 5.69 Å². The normalized spacial score (nSPS) is 10.7. The quantitative estimate of drug-likeness (QED) is 0.559. The topological polar surface area (TPSA) is 94.1 Å².